The second-order valence-corrected chi connectivity index (χ2v) is 3.62. The average Bonchev–Trinajstić information content (AvgIpc) is 2.59. The van der Waals surface area contributed by atoms with E-state index in [1.54, 1.807) is 18.9 Å². The quantitative estimate of drug-likeness (QED) is 0.558. The van der Waals surface area contributed by atoms with E-state index in [0.29, 0.717) is 5.88 Å². The Labute approximate surface area is 86.3 Å². The van der Waals surface area contributed by atoms with Crippen LogP contribution in [0.3, 0.4) is 0 Å². The molecule has 0 radical (unpaired) electrons. The molecule has 0 spiro atoms. The summed E-state index contributed by atoms with van der Waals surface area (Å²) in [4.78, 5) is 8.57. The van der Waals surface area contributed by atoms with E-state index in [-0.39, 0.29) is 0 Å². The first-order valence-electron chi connectivity index (χ1n) is 4.19. The van der Waals surface area contributed by atoms with E-state index in [9.17, 15) is 0 Å². The molecule has 2 heterocycles. The fourth-order valence-corrected chi connectivity index (χ4v) is 1.96. The molecule has 2 aromatic heterocycles. The first kappa shape index (κ1) is 9.33. The van der Waals surface area contributed by atoms with Gasteiger partial charge in [0.15, 0.2) is 5.16 Å². The molecule has 2 aromatic rings. The molecule has 0 aliphatic heterocycles. The lowest BCUT2D eigenvalue weighted by Gasteiger charge is -2.05. The minimum absolute atomic E-state index is 0.627. The Morgan fingerprint density at radius 3 is 2.93 bits per heavy atom. The van der Waals surface area contributed by atoms with Gasteiger partial charge in [-0.05, 0) is 13.2 Å². The number of imidazole rings is 1. The summed E-state index contributed by atoms with van der Waals surface area (Å²) in [6.45, 7) is 1.96. The van der Waals surface area contributed by atoms with Gasteiger partial charge < -0.3 is 4.74 Å². The van der Waals surface area contributed by atoms with Crippen LogP contribution in [0.5, 0.6) is 5.88 Å². The van der Waals surface area contributed by atoms with Crippen molar-refractivity contribution in [2.45, 2.75) is 12.1 Å². The zero-order chi connectivity index (χ0) is 10.1. The summed E-state index contributed by atoms with van der Waals surface area (Å²) >= 11 is 1.58. The molecule has 74 valence electrons. The number of methoxy groups -OCH3 is 1. The summed E-state index contributed by atoms with van der Waals surface area (Å²) in [5.41, 5.74) is 1.01. The number of aryl methyl sites for hydroxylation is 1. The van der Waals surface area contributed by atoms with E-state index >= 15 is 0 Å². The van der Waals surface area contributed by atoms with Gasteiger partial charge in [-0.2, -0.15) is 4.98 Å². The molecule has 0 atom stereocenters. The van der Waals surface area contributed by atoms with E-state index in [2.05, 4.69) is 9.97 Å². The van der Waals surface area contributed by atoms with Crippen molar-refractivity contribution in [3.63, 3.8) is 0 Å². The Balaban J connectivity index is 2.76. The minimum Gasteiger partial charge on any atom is -0.481 e. The van der Waals surface area contributed by atoms with Crippen molar-refractivity contribution in [3.05, 3.63) is 18.1 Å². The highest BCUT2D eigenvalue weighted by molar-refractivity contribution is 7.98. The molecule has 0 aliphatic rings. The van der Waals surface area contributed by atoms with Crippen LogP contribution in [-0.2, 0) is 0 Å². The summed E-state index contributed by atoms with van der Waals surface area (Å²) < 4.78 is 7.12. The Kier molecular flexibility index (Phi) is 2.33. The molecular formula is C9H11N3OS. The minimum atomic E-state index is 0.627. The second kappa shape index (κ2) is 3.49. The van der Waals surface area contributed by atoms with Gasteiger partial charge in [0.1, 0.15) is 5.82 Å². The Bertz CT molecular complexity index is 466. The number of thioether (sulfide) groups is 1. The maximum Gasteiger partial charge on any atom is 0.217 e. The zero-order valence-corrected chi connectivity index (χ0v) is 9.13. The fourth-order valence-electron chi connectivity index (χ4n) is 1.36. The Hall–Kier alpha value is -1.23. The van der Waals surface area contributed by atoms with Crippen molar-refractivity contribution in [1.82, 2.24) is 14.4 Å². The van der Waals surface area contributed by atoms with Crippen LogP contribution in [0.2, 0.25) is 0 Å². The first-order valence-corrected chi connectivity index (χ1v) is 5.42. The van der Waals surface area contributed by atoms with Gasteiger partial charge in [-0.1, -0.05) is 11.8 Å². The van der Waals surface area contributed by atoms with Gasteiger partial charge in [-0.3, -0.25) is 4.40 Å². The van der Waals surface area contributed by atoms with Gasteiger partial charge in [0, 0.05) is 6.07 Å². The van der Waals surface area contributed by atoms with Crippen molar-refractivity contribution in [3.8, 4) is 5.88 Å². The maximum absolute atomic E-state index is 5.11. The molecule has 14 heavy (non-hydrogen) atoms. The van der Waals surface area contributed by atoms with Crippen LogP contribution in [0.25, 0.3) is 5.52 Å². The van der Waals surface area contributed by atoms with Crippen molar-refractivity contribution in [2.24, 2.45) is 0 Å². The third-order valence-electron chi connectivity index (χ3n) is 2.03. The Morgan fingerprint density at radius 1 is 1.50 bits per heavy atom. The number of hydrogen-bond acceptors (Lipinski definition) is 4. The SMILES string of the molecule is COc1cc2cnc(C)n2c(SC)n1. The molecule has 0 fully saturated rings. The molecule has 0 unspecified atom stereocenters. The standard InChI is InChI=1S/C9H11N3OS/c1-6-10-5-7-4-8(13-2)11-9(14-3)12(6)7/h4-5H,1-3H3. The van der Waals surface area contributed by atoms with Crippen molar-refractivity contribution in [2.75, 3.05) is 13.4 Å². The second-order valence-electron chi connectivity index (χ2n) is 2.85. The molecular weight excluding hydrogens is 198 g/mol. The van der Waals surface area contributed by atoms with E-state index < -0.39 is 0 Å². The molecule has 2 rings (SSSR count). The number of aromatic nitrogens is 3. The maximum atomic E-state index is 5.11. The summed E-state index contributed by atoms with van der Waals surface area (Å²) in [6.07, 6.45) is 3.81. The smallest absolute Gasteiger partial charge is 0.217 e. The van der Waals surface area contributed by atoms with E-state index in [0.717, 1.165) is 16.5 Å². The van der Waals surface area contributed by atoms with Crippen LogP contribution in [0.15, 0.2) is 17.4 Å². The van der Waals surface area contributed by atoms with Gasteiger partial charge in [0.05, 0.1) is 18.8 Å². The van der Waals surface area contributed by atoms with Gasteiger partial charge >= 0.3 is 0 Å². The molecule has 0 bridgehead atoms. The Morgan fingerprint density at radius 2 is 2.29 bits per heavy atom. The lowest BCUT2D eigenvalue weighted by atomic mass is 10.5. The van der Waals surface area contributed by atoms with Crippen molar-refractivity contribution < 1.29 is 4.74 Å². The number of ether oxygens (including phenoxy) is 1. The number of nitrogens with zero attached hydrogens (tertiary/aromatic N) is 3. The topological polar surface area (TPSA) is 39.4 Å². The summed E-state index contributed by atoms with van der Waals surface area (Å²) in [7, 11) is 1.62. The van der Waals surface area contributed by atoms with Gasteiger partial charge in [-0.15, -0.1) is 0 Å². The summed E-state index contributed by atoms with van der Waals surface area (Å²) in [5.74, 6) is 1.57. The van der Waals surface area contributed by atoms with E-state index in [4.69, 9.17) is 4.74 Å². The molecule has 0 aromatic carbocycles. The molecule has 0 amide bonds. The van der Waals surface area contributed by atoms with Crippen LogP contribution in [0, 0.1) is 6.92 Å². The molecule has 4 nitrogen and oxygen atoms in total. The van der Waals surface area contributed by atoms with Gasteiger partial charge in [0.25, 0.3) is 0 Å². The predicted molar refractivity (Wildman–Crippen MR) is 56.1 cm³/mol. The van der Waals surface area contributed by atoms with Gasteiger partial charge in [0.2, 0.25) is 5.88 Å². The number of rotatable bonds is 2. The molecule has 5 heteroatoms. The highest BCUT2D eigenvalue weighted by atomic mass is 32.2. The van der Waals surface area contributed by atoms with Crippen molar-refractivity contribution >= 4 is 17.3 Å². The van der Waals surface area contributed by atoms with Crippen LogP contribution < -0.4 is 4.74 Å². The summed E-state index contributed by atoms with van der Waals surface area (Å²) in [6, 6.07) is 1.87. The molecule has 0 aliphatic carbocycles. The third-order valence-corrected chi connectivity index (χ3v) is 2.66. The lowest BCUT2D eigenvalue weighted by Crippen LogP contribution is -1.98. The molecule has 0 saturated heterocycles. The van der Waals surface area contributed by atoms with E-state index in [1.807, 2.05) is 29.8 Å². The number of hydrogen-bond donors (Lipinski definition) is 0. The third kappa shape index (κ3) is 1.33. The predicted octanol–water partition coefficient (Wildman–Crippen LogP) is 1.77. The van der Waals surface area contributed by atoms with Crippen LogP contribution in [0.4, 0.5) is 0 Å². The van der Waals surface area contributed by atoms with Crippen molar-refractivity contribution in [1.29, 1.82) is 0 Å². The van der Waals surface area contributed by atoms with Crippen LogP contribution in [0.1, 0.15) is 5.82 Å². The van der Waals surface area contributed by atoms with Crippen LogP contribution >= 0.6 is 11.8 Å². The summed E-state index contributed by atoms with van der Waals surface area (Å²) in [5, 5.41) is 0.898. The van der Waals surface area contributed by atoms with Crippen LogP contribution in [-0.4, -0.2) is 27.7 Å². The average molecular weight is 209 g/mol. The fraction of sp³-hybridized carbons (Fsp3) is 0.333. The lowest BCUT2D eigenvalue weighted by molar-refractivity contribution is 0.392. The normalized spacial score (nSPS) is 10.8. The monoisotopic (exact) mass is 209 g/mol. The zero-order valence-electron chi connectivity index (χ0n) is 8.31. The highest BCUT2D eigenvalue weighted by Gasteiger charge is 2.07. The number of fused-ring (bicyclic) bond motifs is 1. The molecule has 0 saturated carbocycles. The van der Waals surface area contributed by atoms with Gasteiger partial charge in [-0.25, -0.2) is 4.98 Å². The highest BCUT2D eigenvalue weighted by Crippen LogP contribution is 2.21. The molecule has 0 N–H and O–H groups in total. The largest absolute Gasteiger partial charge is 0.481 e. The van der Waals surface area contributed by atoms with E-state index in [1.165, 1.54) is 0 Å². The first-order chi connectivity index (χ1) is 6.76.